The van der Waals surface area contributed by atoms with Crippen molar-refractivity contribution in [3.05, 3.63) is 0 Å². The number of rotatable bonds is 8. The minimum Gasteiger partial charge on any atom is -0.465 e. The topological polar surface area (TPSA) is 114 Å². The maximum absolute atomic E-state index is 11.6. The van der Waals surface area contributed by atoms with Crippen molar-refractivity contribution in [3.8, 4) is 0 Å². The van der Waals surface area contributed by atoms with E-state index in [2.05, 4.69) is 23.7 Å². The van der Waals surface area contributed by atoms with Crippen LogP contribution in [-0.2, 0) is 19.1 Å². The Morgan fingerprint density at radius 3 is 1.62 bits per heavy atom. The van der Waals surface area contributed by atoms with Gasteiger partial charge in [0.1, 0.15) is 13.1 Å². The summed E-state index contributed by atoms with van der Waals surface area (Å²) in [5.41, 5.74) is 0. The predicted octanol–water partition coefficient (Wildman–Crippen LogP) is 5.10. The smallest absolute Gasteiger partial charge is 0.320 e. The van der Waals surface area contributed by atoms with Crippen LogP contribution in [0.2, 0.25) is 0 Å². The third kappa shape index (κ3) is 7.94. The van der Waals surface area contributed by atoms with E-state index in [1.807, 2.05) is 0 Å². The molecule has 0 aliphatic carbocycles. The molecule has 140 valence electrons. The molecule has 0 fully saturated rings. The van der Waals surface area contributed by atoms with Crippen molar-refractivity contribution < 1.29 is 19.1 Å². The van der Waals surface area contributed by atoms with E-state index in [-0.39, 0.29) is 26.3 Å². The molecule has 0 saturated heterocycles. The number of carbonyl (C=O) groups excluding carboxylic acids is 2. The van der Waals surface area contributed by atoms with Gasteiger partial charge in [0.25, 0.3) is 11.8 Å². The molecule has 0 spiro atoms. The molecule has 0 radical (unpaired) electrons. The van der Waals surface area contributed by atoms with Crippen LogP contribution in [0.5, 0.6) is 0 Å². The van der Waals surface area contributed by atoms with E-state index >= 15 is 0 Å². The van der Waals surface area contributed by atoms with Crippen molar-refractivity contribution in [2.75, 3.05) is 26.3 Å². The fourth-order valence-corrected chi connectivity index (χ4v) is 16.5. The Morgan fingerprint density at radius 2 is 1.25 bits per heavy atom. The molecule has 0 aromatic carbocycles. The number of carbonyl (C=O) groups is 2. The Balaban J connectivity index is 3.11. The quantitative estimate of drug-likeness (QED) is 0.369. The van der Waals surface area contributed by atoms with Gasteiger partial charge in [0, 0.05) is 0 Å². The Morgan fingerprint density at radius 1 is 0.833 bits per heavy atom. The molecule has 1 heterocycles. The van der Waals surface area contributed by atoms with Gasteiger partial charge in [0.2, 0.25) is 7.51 Å². The molecule has 1 aliphatic heterocycles. The van der Waals surface area contributed by atoms with Crippen LogP contribution in [0.1, 0.15) is 13.8 Å². The molecule has 9 nitrogen and oxygen atoms in total. The molecule has 16 heteroatoms. The van der Waals surface area contributed by atoms with Gasteiger partial charge < -0.3 is 9.47 Å². The molecule has 24 heavy (non-hydrogen) atoms. The van der Waals surface area contributed by atoms with E-state index in [0.717, 1.165) is 0 Å². The van der Waals surface area contributed by atoms with Gasteiger partial charge in [-0.3, -0.25) is 9.59 Å². The van der Waals surface area contributed by atoms with Gasteiger partial charge in [0.15, 0.2) is 0 Å². The number of nitrogens with zero attached hydrogens (tertiary/aromatic N) is 3. The zero-order chi connectivity index (χ0) is 18.4. The molecule has 0 unspecified atom stereocenters. The van der Waals surface area contributed by atoms with Crippen molar-refractivity contribution >= 4 is 76.2 Å². The molecule has 0 aromatic heterocycles. The zero-order valence-electron chi connectivity index (χ0n) is 12.7. The Bertz CT molecular complexity index is 627. The summed E-state index contributed by atoms with van der Waals surface area (Å²) in [5.74, 6) is -7.55. The van der Waals surface area contributed by atoms with Crippen molar-refractivity contribution in [1.82, 2.24) is 10.2 Å². The first kappa shape index (κ1) is 22.8. The van der Waals surface area contributed by atoms with Gasteiger partial charge in [-0.2, -0.15) is 13.5 Å². The highest BCUT2D eigenvalue weighted by Crippen LogP contribution is 2.83. The van der Waals surface area contributed by atoms with Crippen molar-refractivity contribution in [2.45, 2.75) is 13.8 Å². The van der Waals surface area contributed by atoms with E-state index in [1.165, 1.54) is 0 Å². The number of nitrogens with one attached hydrogen (secondary N) is 2. The van der Waals surface area contributed by atoms with E-state index in [0.29, 0.717) is 0 Å². The van der Waals surface area contributed by atoms with Crippen LogP contribution in [0.25, 0.3) is 0 Å². The van der Waals surface area contributed by atoms with Gasteiger partial charge in [-0.15, -0.1) is 0 Å². The van der Waals surface area contributed by atoms with Gasteiger partial charge in [-0.1, -0.05) is 0 Å². The van der Waals surface area contributed by atoms with Gasteiger partial charge in [0.05, 0.1) is 13.2 Å². The summed E-state index contributed by atoms with van der Waals surface area (Å²) < 4.78 is 21.8. The summed E-state index contributed by atoms with van der Waals surface area (Å²) in [7, 11) is -3.16. The number of hydrogen-bond donors (Lipinski definition) is 2. The van der Waals surface area contributed by atoms with Crippen molar-refractivity contribution in [1.29, 1.82) is 0 Å². The van der Waals surface area contributed by atoms with Crippen molar-refractivity contribution in [2.24, 2.45) is 13.5 Å². The summed E-state index contributed by atoms with van der Waals surface area (Å²) in [6.07, 6.45) is 0. The highest BCUT2D eigenvalue weighted by Gasteiger charge is 2.34. The molecule has 2 N–H and O–H groups in total. The highest BCUT2D eigenvalue weighted by molar-refractivity contribution is 8.20. The molecule has 0 amide bonds. The molecular weight excluding hydrogens is 465 g/mol. The summed E-state index contributed by atoms with van der Waals surface area (Å²) in [6.45, 7) is 3.22. The van der Waals surface area contributed by atoms with Crippen LogP contribution in [0.3, 0.4) is 0 Å². The normalized spacial score (nSPS) is 20.1. The first-order valence-electron chi connectivity index (χ1n) is 6.55. The fraction of sp³-hybridized carbons (Fsp3) is 0.750. The second-order valence-corrected chi connectivity index (χ2v) is 16.6. The molecule has 0 atom stereocenters. The number of ether oxygens (including phenoxy) is 2. The lowest BCUT2D eigenvalue weighted by Gasteiger charge is -2.27. The Hall–Kier alpha value is 0.710. The van der Waals surface area contributed by atoms with Crippen LogP contribution in [-0.4, -0.2) is 38.2 Å². The van der Waals surface area contributed by atoms with Crippen LogP contribution in [0, 0.1) is 0 Å². The molecular formula is C8H16Cl4N5O4P3. The summed E-state index contributed by atoms with van der Waals surface area (Å²) >= 11 is 24.2. The van der Waals surface area contributed by atoms with Crippen LogP contribution in [0.4, 0.5) is 0 Å². The second kappa shape index (κ2) is 9.59. The summed E-state index contributed by atoms with van der Waals surface area (Å²) in [4.78, 5) is 23.2. The van der Waals surface area contributed by atoms with Gasteiger partial charge in [-0.05, 0) is 58.8 Å². The number of hydrogen-bond acceptors (Lipinski definition) is 9. The van der Waals surface area contributed by atoms with Crippen LogP contribution < -0.4 is 10.2 Å². The molecule has 0 bridgehead atoms. The lowest BCUT2D eigenvalue weighted by molar-refractivity contribution is -0.142. The Labute approximate surface area is 159 Å². The maximum atomic E-state index is 11.6. The predicted molar refractivity (Wildman–Crippen MR) is 101 cm³/mol. The van der Waals surface area contributed by atoms with E-state index in [9.17, 15) is 9.59 Å². The number of halogens is 4. The van der Waals surface area contributed by atoms with E-state index in [4.69, 9.17) is 54.4 Å². The minimum atomic E-state index is -3.22. The first-order valence-corrected chi connectivity index (χ1v) is 15.2. The SMILES string of the molecule is CCOC(=O)CNP1(NCC(=O)OCC)=NP(Cl)(Cl)=NP(Cl)(Cl)=N1. The van der Waals surface area contributed by atoms with Crippen molar-refractivity contribution in [3.63, 3.8) is 0 Å². The lowest BCUT2D eigenvalue weighted by atomic mass is 10.7. The molecule has 1 aliphatic rings. The summed E-state index contributed by atoms with van der Waals surface area (Å²) in [6, 6.07) is 0. The average Bonchev–Trinajstić information content (AvgIpc) is 2.41. The van der Waals surface area contributed by atoms with Crippen LogP contribution in [0.15, 0.2) is 13.5 Å². The molecule has 0 aromatic rings. The van der Waals surface area contributed by atoms with Gasteiger partial charge in [-0.25, -0.2) is 10.2 Å². The number of esters is 2. The largest absolute Gasteiger partial charge is 0.465 e. The van der Waals surface area contributed by atoms with E-state index < -0.39 is 31.3 Å². The fourth-order valence-electron chi connectivity index (χ4n) is 1.45. The third-order valence-electron chi connectivity index (χ3n) is 2.19. The van der Waals surface area contributed by atoms with E-state index in [1.54, 1.807) is 13.8 Å². The third-order valence-corrected chi connectivity index (χ3v) is 13.8. The zero-order valence-corrected chi connectivity index (χ0v) is 18.4. The summed E-state index contributed by atoms with van der Waals surface area (Å²) in [5, 5.41) is 5.54. The molecule has 1 rings (SSSR count). The maximum Gasteiger partial charge on any atom is 0.320 e. The average molecular weight is 481 g/mol. The Kier molecular flexibility index (Phi) is 9.09. The second-order valence-electron chi connectivity index (χ2n) is 4.06. The molecule has 0 saturated carbocycles. The highest BCUT2D eigenvalue weighted by atomic mass is 35.9. The first-order chi connectivity index (χ1) is 11.0. The lowest BCUT2D eigenvalue weighted by Crippen LogP contribution is -2.31. The standard InChI is InChI=1S/C8H16Cl4N5O4P3/c1-3-20-7(18)5-13-24(14-6-8(19)21-4-2)16-22(9,10)15-23(11,12)17-24/h13-14H,3-6H2,1-2H3. The monoisotopic (exact) mass is 479 g/mol. The van der Waals surface area contributed by atoms with Crippen LogP contribution >= 0.6 is 64.3 Å². The minimum absolute atomic E-state index is 0.204. The van der Waals surface area contributed by atoms with Gasteiger partial charge >= 0.3 is 11.9 Å².